The summed E-state index contributed by atoms with van der Waals surface area (Å²) >= 11 is 0. The Balaban J connectivity index is 1.74. The molecule has 3 unspecified atom stereocenters. The quantitative estimate of drug-likeness (QED) is 0.853. The molecule has 1 aromatic rings. The van der Waals surface area contributed by atoms with Gasteiger partial charge in [0, 0.05) is 30.8 Å². The van der Waals surface area contributed by atoms with Crippen LogP contribution in [0.15, 0.2) is 18.5 Å². The van der Waals surface area contributed by atoms with Crippen molar-refractivity contribution in [2.24, 2.45) is 5.92 Å². The molecule has 2 aliphatic rings. The number of amides is 2. The highest BCUT2D eigenvalue weighted by molar-refractivity contribution is 5.90. The van der Waals surface area contributed by atoms with E-state index in [2.05, 4.69) is 10.3 Å². The first-order valence-electron chi connectivity index (χ1n) is 6.50. The SMILES string of the molecule is O=C(Nc1ccncc1F)N1C2CCC1C(CO)C2. The number of urea groups is 1. The molecule has 0 spiro atoms. The minimum absolute atomic E-state index is 0.0832. The van der Waals surface area contributed by atoms with Crippen LogP contribution in [0, 0.1) is 11.7 Å². The van der Waals surface area contributed by atoms with Gasteiger partial charge < -0.3 is 15.3 Å². The summed E-state index contributed by atoms with van der Waals surface area (Å²) in [6.07, 6.45) is 5.24. The molecular formula is C13H16FN3O2. The summed E-state index contributed by atoms with van der Waals surface area (Å²) in [5.74, 6) is -0.382. The second kappa shape index (κ2) is 4.77. The zero-order chi connectivity index (χ0) is 13.4. The monoisotopic (exact) mass is 265 g/mol. The number of hydrogen-bond acceptors (Lipinski definition) is 3. The van der Waals surface area contributed by atoms with Crippen molar-refractivity contribution in [3.05, 3.63) is 24.3 Å². The number of nitrogens with one attached hydrogen (secondary N) is 1. The lowest BCUT2D eigenvalue weighted by molar-refractivity contribution is 0.177. The lowest BCUT2D eigenvalue weighted by Crippen LogP contribution is -2.40. The van der Waals surface area contributed by atoms with Gasteiger partial charge in [-0.1, -0.05) is 0 Å². The summed E-state index contributed by atoms with van der Waals surface area (Å²) in [7, 11) is 0. The number of nitrogens with zero attached hydrogens (tertiary/aromatic N) is 2. The number of aliphatic hydroxyl groups is 1. The van der Waals surface area contributed by atoms with E-state index in [0.29, 0.717) is 0 Å². The molecule has 19 heavy (non-hydrogen) atoms. The van der Waals surface area contributed by atoms with Crippen LogP contribution in [-0.2, 0) is 0 Å². The molecule has 2 bridgehead atoms. The zero-order valence-corrected chi connectivity index (χ0v) is 10.4. The number of halogens is 1. The van der Waals surface area contributed by atoms with E-state index >= 15 is 0 Å². The van der Waals surface area contributed by atoms with Crippen molar-refractivity contribution in [3.63, 3.8) is 0 Å². The molecule has 0 saturated carbocycles. The van der Waals surface area contributed by atoms with Crippen LogP contribution in [0.1, 0.15) is 19.3 Å². The molecule has 2 fully saturated rings. The third-order valence-electron chi connectivity index (χ3n) is 4.15. The summed E-state index contributed by atoms with van der Waals surface area (Å²) in [4.78, 5) is 17.6. The smallest absolute Gasteiger partial charge is 0.322 e. The van der Waals surface area contributed by atoms with E-state index in [4.69, 9.17) is 0 Å². The summed E-state index contributed by atoms with van der Waals surface area (Å²) in [5.41, 5.74) is 0.145. The lowest BCUT2D eigenvalue weighted by atomic mass is 9.90. The zero-order valence-electron chi connectivity index (χ0n) is 10.4. The second-order valence-electron chi connectivity index (χ2n) is 5.17. The Kier molecular flexibility index (Phi) is 3.10. The van der Waals surface area contributed by atoms with E-state index in [-0.39, 0.29) is 36.3 Å². The molecule has 1 aromatic heterocycles. The fraction of sp³-hybridized carbons (Fsp3) is 0.538. The number of hydrogen-bond donors (Lipinski definition) is 2. The maximum atomic E-state index is 13.5. The summed E-state index contributed by atoms with van der Waals surface area (Å²) < 4.78 is 13.5. The van der Waals surface area contributed by atoms with Gasteiger partial charge in [0.05, 0.1) is 11.9 Å². The number of rotatable bonds is 2. The van der Waals surface area contributed by atoms with E-state index in [1.807, 2.05) is 0 Å². The van der Waals surface area contributed by atoms with E-state index in [0.717, 1.165) is 25.5 Å². The Labute approximate surface area is 110 Å². The number of carbonyl (C=O) groups excluding carboxylic acids is 1. The lowest BCUT2D eigenvalue weighted by Gasteiger charge is -2.24. The van der Waals surface area contributed by atoms with Crippen LogP contribution < -0.4 is 5.32 Å². The van der Waals surface area contributed by atoms with Gasteiger partial charge in [-0.05, 0) is 25.3 Å². The highest BCUT2D eigenvalue weighted by atomic mass is 19.1. The number of aromatic nitrogens is 1. The van der Waals surface area contributed by atoms with E-state index in [1.54, 1.807) is 4.90 Å². The van der Waals surface area contributed by atoms with Gasteiger partial charge in [0.25, 0.3) is 0 Å². The highest BCUT2D eigenvalue weighted by Gasteiger charge is 2.48. The van der Waals surface area contributed by atoms with Crippen LogP contribution >= 0.6 is 0 Å². The molecule has 6 heteroatoms. The van der Waals surface area contributed by atoms with Gasteiger partial charge in [-0.25, -0.2) is 9.18 Å². The first-order chi connectivity index (χ1) is 9.20. The molecule has 3 heterocycles. The van der Waals surface area contributed by atoms with Gasteiger partial charge in [-0.3, -0.25) is 4.98 Å². The van der Waals surface area contributed by atoms with Crippen molar-refractivity contribution in [3.8, 4) is 0 Å². The molecule has 5 nitrogen and oxygen atoms in total. The van der Waals surface area contributed by atoms with Crippen molar-refractivity contribution in [2.75, 3.05) is 11.9 Å². The molecule has 2 aliphatic heterocycles. The first-order valence-corrected chi connectivity index (χ1v) is 6.50. The molecule has 2 amide bonds. The average Bonchev–Trinajstić information content (AvgIpc) is 2.98. The molecule has 102 valence electrons. The van der Waals surface area contributed by atoms with E-state index < -0.39 is 5.82 Å². The fourth-order valence-electron chi connectivity index (χ4n) is 3.28. The van der Waals surface area contributed by atoms with Crippen molar-refractivity contribution in [1.29, 1.82) is 0 Å². The van der Waals surface area contributed by atoms with Gasteiger partial charge in [0.2, 0.25) is 0 Å². The van der Waals surface area contributed by atoms with Crippen molar-refractivity contribution >= 4 is 11.7 Å². The van der Waals surface area contributed by atoms with Crippen LogP contribution in [-0.4, -0.2) is 39.7 Å². The number of pyridine rings is 1. The van der Waals surface area contributed by atoms with E-state index in [9.17, 15) is 14.3 Å². The van der Waals surface area contributed by atoms with Gasteiger partial charge in [-0.15, -0.1) is 0 Å². The van der Waals surface area contributed by atoms with Gasteiger partial charge >= 0.3 is 6.03 Å². The molecule has 3 rings (SSSR count). The Morgan fingerprint density at radius 2 is 2.42 bits per heavy atom. The average molecular weight is 265 g/mol. The number of aliphatic hydroxyl groups excluding tert-OH is 1. The topological polar surface area (TPSA) is 65.5 Å². The third-order valence-corrected chi connectivity index (χ3v) is 4.15. The maximum Gasteiger partial charge on any atom is 0.322 e. The summed E-state index contributed by atoms with van der Waals surface area (Å²) in [6.45, 7) is 0.106. The van der Waals surface area contributed by atoms with Crippen molar-refractivity contribution in [1.82, 2.24) is 9.88 Å². The molecule has 0 radical (unpaired) electrons. The van der Waals surface area contributed by atoms with Crippen LogP contribution in [0.2, 0.25) is 0 Å². The predicted molar refractivity (Wildman–Crippen MR) is 67.1 cm³/mol. The van der Waals surface area contributed by atoms with Gasteiger partial charge in [0.1, 0.15) is 0 Å². The summed E-state index contributed by atoms with van der Waals surface area (Å²) in [5, 5.41) is 11.9. The molecule has 0 aromatic carbocycles. The van der Waals surface area contributed by atoms with Crippen molar-refractivity contribution in [2.45, 2.75) is 31.3 Å². The molecule has 3 atom stereocenters. The molecule has 0 aliphatic carbocycles. The molecule has 2 N–H and O–H groups in total. The van der Waals surface area contributed by atoms with Gasteiger partial charge in [0.15, 0.2) is 5.82 Å². The van der Waals surface area contributed by atoms with Crippen molar-refractivity contribution < 1.29 is 14.3 Å². The van der Waals surface area contributed by atoms with Crippen LogP contribution in [0.5, 0.6) is 0 Å². The number of fused-ring (bicyclic) bond motifs is 2. The second-order valence-corrected chi connectivity index (χ2v) is 5.17. The minimum Gasteiger partial charge on any atom is -0.396 e. The number of carbonyl (C=O) groups is 1. The molecule has 2 saturated heterocycles. The normalized spacial score (nSPS) is 28.7. The standard InChI is InChI=1S/C13H16FN3O2/c14-10-6-15-4-3-11(10)16-13(19)17-9-1-2-12(17)8(5-9)7-18/h3-4,6,8-9,12,18H,1-2,5,7H2,(H,15,16,19). The Bertz CT molecular complexity index is 497. The third kappa shape index (κ3) is 2.06. The largest absolute Gasteiger partial charge is 0.396 e. The van der Waals surface area contributed by atoms with E-state index in [1.165, 1.54) is 12.3 Å². The Hall–Kier alpha value is -1.69. The van der Waals surface area contributed by atoms with Gasteiger partial charge in [-0.2, -0.15) is 0 Å². The Morgan fingerprint density at radius 1 is 1.58 bits per heavy atom. The minimum atomic E-state index is -0.541. The van der Waals surface area contributed by atoms with Crippen LogP contribution in [0.25, 0.3) is 0 Å². The van der Waals surface area contributed by atoms with Crippen LogP contribution in [0.3, 0.4) is 0 Å². The number of anilines is 1. The highest BCUT2D eigenvalue weighted by Crippen LogP contribution is 2.41. The first kappa shape index (κ1) is 12.3. The maximum absolute atomic E-state index is 13.5. The summed E-state index contributed by atoms with van der Waals surface area (Å²) in [6, 6.07) is 1.41. The Morgan fingerprint density at radius 3 is 3.11 bits per heavy atom. The molecular weight excluding hydrogens is 249 g/mol. The fourth-order valence-corrected chi connectivity index (χ4v) is 3.28. The predicted octanol–water partition coefficient (Wildman–Crippen LogP) is 1.60. The van der Waals surface area contributed by atoms with Crippen LogP contribution in [0.4, 0.5) is 14.9 Å².